The number of hydrogen-bond donors (Lipinski definition) is 2. The van der Waals surface area contributed by atoms with Crippen molar-refractivity contribution in [2.45, 2.75) is 32.1 Å². The van der Waals surface area contributed by atoms with Gasteiger partial charge in [0.2, 0.25) is 11.8 Å². The molecule has 7 heteroatoms. The van der Waals surface area contributed by atoms with Gasteiger partial charge in [-0.2, -0.15) is 4.98 Å². The summed E-state index contributed by atoms with van der Waals surface area (Å²) in [6, 6.07) is 0. The van der Waals surface area contributed by atoms with Gasteiger partial charge < -0.3 is 14.9 Å². The SMILES string of the molecule is O=C(O)C1CCC(C(=O)NCCc2ncno2)CC1. The van der Waals surface area contributed by atoms with Crippen LogP contribution >= 0.6 is 0 Å². The Kier molecular flexibility index (Phi) is 4.48. The molecule has 0 aromatic carbocycles. The molecule has 19 heavy (non-hydrogen) atoms. The second kappa shape index (κ2) is 6.31. The van der Waals surface area contributed by atoms with E-state index >= 15 is 0 Å². The lowest BCUT2D eigenvalue weighted by Crippen LogP contribution is -2.35. The molecule has 1 aliphatic rings. The molecular formula is C12H17N3O4. The zero-order chi connectivity index (χ0) is 13.7. The fraction of sp³-hybridized carbons (Fsp3) is 0.667. The molecule has 0 unspecified atom stereocenters. The van der Waals surface area contributed by atoms with Crippen molar-refractivity contribution >= 4 is 11.9 Å². The van der Waals surface area contributed by atoms with E-state index < -0.39 is 5.97 Å². The van der Waals surface area contributed by atoms with Gasteiger partial charge >= 0.3 is 5.97 Å². The molecule has 1 aromatic rings. The van der Waals surface area contributed by atoms with E-state index in [2.05, 4.69) is 15.5 Å². The monoisotopic (exact) mass is 267 g/mol. The maximum Gasteiger partial charge on any atom is 0.306 e. The smallest absolute Gasteiger partial charge is 0.306 e. The molecule has 7 nitrogen and oxygen atoms in total. The van der Waals surface area contributed by atoms with Gasteiger partial charge in [-0.25, -0.2) is 0 Å². The quantitative estimate of drug-likeness (QED) is 0.810. The molecule has 0 atom stereocenters. The van der Waals surface area contributed by atoms with Crippen molar-refractivity contribution in [2.75, 3.05) is 6.54 Å². The van der Waals surface area contributed by atoms with Crippen molar-refractivity contribution < 1.29 is 19.2 Å². The summed E-state index contributed by atoms with van der Waals surface area (Å²) >= 11 is 0. The average Bonchev–Trinajstić information content (AvgIpc) is 2.92. The highest BCUT2D eigenvalue weighted by Gasteiger charge is 2.29. The van der Waals surface area contributed by atoms with Crippen LogP contribution in [-0.2, 0) is 16.0 Å². The average molecular weight is 267 g/mol. The summed E-state index contributed by atoms with van der Waals surface area (Å²) in [5.41, 5.74) is 0. The van der Waals surface area contributed by atoms with Crippen molar-refractivity contribution in [3.05, 3.63) is 12.2 Å². The van der Waals surface area contributed by atoms with Gasteiger partial charge in [-0.05, 0) is 25.7 Å². The molecule has 0 spiro atoms. The maximum absolute atomic E-state index is 11.9. The Balaban J connectivity index is 1.68. The van der Waals surface area contributed by atoms with Crippen LogP contribution in [0.25, 0.3) is 0 Å². The zero-order valence-corrected chi connectivity index (χ0v) is 10.5. The highest BCUT2D eigenvalue weighted by atomic mass is 16.5. The number of hydrogen-bond acceptors (Lipinski definition) is 5. The third-order valence-corrected chi connectivity index (χ3v) is 3.49. The number of amides is 1. The summed E-state index contributed by atoms with van der Waals surface area (Å²) in [6.45, 7) is 0.458. The fourth-order valence-electron chi connectivity index (χ4n) is 2.35. The van der Waals surface area contributed by atoms with Crippen LogP contribution in [0.2, 0.25) is 0 Å². The number of carbonyl (C=O) groups is 2. The lowest BCUT2D eigenvalue weighted by atomic mass is 9.81. The molecule has 2 rings (SSSR count). The van der Waals surface area contributed by atoms with Crippen molar-refractivity contribution in [1.82, 2.24) is 15.5 Å². The molecule has 1 heterocycles. The summed E-state index contributed by atoms with van der Waals surface area (Å²) in [7, 11) is 0. The maximum atomic E-state index is 11.9. The molecule has 104 valence electrons. The van der Waals surface area contributed by atoms with Crippen LogP contribution in [-0.4, -0.2) is 33.7 Å². The van der Waals surface area contributed by atoms with Crippen molar-refractivity contribution in [2.24, 2.45) is 11.8 Å². The van der Waals surface area contributed by atoms with Gasteiger partial charge in [0.25, 0.3) is 0 Å². The number of aromatic nitrogens is 2. The molecule has 0 aliphatic heterocycles. The van der Waals surface area contributed by atoms with Crippen molar-refractivity contribution in [3.63, 3.8) is 0 Å². The normalized spacial score (nSPS) is 22.9. The molecule has 0 saturated heterocycles. The van der Waals surface area contributed by atoms with E-state index in [-0.39, 0.29) is 17.7 Å². The lowest BCUT2D eigenvalue weighted by Gasteiger charge is -2.25. The van der Waals surface area contributed by atoms with E-state index in [4.69, 9.17) is 9.63 Å². The molecule has 1 fully saturated rings. The minimum absolute atomic E-state index is 0.0108. The number of carbonyl (C=O) groups excluding carboxylic acids is 1. The summed E-state index contributed by atoms with van der Waals surface area (Å²) in [5, 5.41) is 15.2. The van der Waals surface area contributed by atoms with Gasteiger partial charge in [-0.1, -0.05) is 5.16 Å². The first-order valence-corrected chi connectivity index (χ1v) is 6.43. The Bertz CT molecular complexity index is 424. The van der Waals surface area contributed by atoms with Crippen LogP contribution in [0.5, 0.6) is 0 Å². The second-order valence-electron chi connectivity index (χ2n) is 4.76. The second-order valence-corrected chi connectivity index (χ2v) is 4.76. The Morgan fingerprint density at radius 1 is 1.32 bits per heavy atom. The minimum Gasteiger partial charge on any atom is -0.481 e. The summed E-state index contributed by atoms with van der Waals surface area (Å²) < 4.78 is 4.82. The van der Waals surface area contributed by atoms with Gasteiger partial charge in [0.1, 0.15) is 0 Å². The van der Waals surface area contributed by atoms with Crippen molar-refractivity contribution in [3.8, 4) is 0 Å². The Morgan fingerprint density at radius 3 is 2.58 bits per heavy atom. The highest BCUT2D eigenvalue weighted by molar-refractivity contribution is 5.79. The minimum atomic E-state index is -0.754. The van der Waals surface area contributed by atoms with Gasteiger partial charge in [0.05, 0.1) is 5.92 Å². The molecule has 1 aromatic heterocycles. The van der Waals surface area contributed by atoms with E-state index in [9.17, 15) is 9.59 Å². The van der Waals surface area contributed by atoms with Crippen LogP contribution < -0.4 is 5.32 Å². The third-order valence-electron chi connectivity index (χ3n) is 3.49. The number of rotatable bonds is 5. The lowest BCUT2D eigenvalue weighted by molar-refractivity contribution is -0.144. The Morgan fingerprint density at radius 2 is 2.00 bits per heavy atom. The number of nitrogens with zero attached hydrogens (tertiary/aromatic N) is 2. The van der Waals surface area contributed by atoms with E-state index in [1.165, 1.54) is 6.33 Å². The Labute approximate surface area is 110 Å². The summed E-state index contributed by atoms with van der Waals surface area (Å²) in [5.74, 6) is -0.630. The zero-order valence-electron chi connectivity index (χ0n) is 10.5. The number of carboxylic acid groups (broad SMARTS) is 1. The van der Waals surface area contributed by atoms with Crippen LogP contribution in [0, 0.1) is 11.8 Å². The fourth-order valence-corrected chi connectivity index (χ4v) is 2.35. The molecular weight excluding hydrogens is 250 g/mol. The summed E-state index contributed by atoms with van der Waals surface area (Å²) in [6.07, 6.45) is 4.28. The molecule has 0 bridgehead atoms. The van der Waals surface area contributed by atoms with Crippen LogP contribution in [0.1, 0.15) is 31.6 Å². The van der Waals surface area contributed by atoms with Crippen molar-refractivity contribution in [1.29, 1.82) is 0 Å². The molecule has 1 amide bonds. The predicted octanol–water partition coefficient (Wildman–Crippen LogP) is 0.619. The Hall–Kier alpha value is -1.92. The first-order valence-electron chi connectivity index (χ1n) is 6.43. The molecule has 1 aliphatic carbocycles. The van der Waals surface area contributed by atoms with E-state index in [0.717, 1.165) is 0 Å². The number of aliphatic carboxylic acids is 1. The summed E-state index contributed by atoms with van der Waals surface area (Å²) in [4.78, 5) is 26.5. The van der Waals surface area contributed by atoms with Gasteiger partial charge in [0, 0.05) is 18.9 Å². The first-order chi connectivity index (χ1) is 9.16. The van der Waals surface area contributed by atoms with E-state index in [0.29, 0.717) is 44.5 Å². The first kappa shape index (κ1) is 13.5. The standard InChI is InChI=1S/C12H17N3O4/c16-11(13-6-5-10-14-7-15-19-10)8-1-3-9(4-2-8)12(17)18/h7-9H,1-6H2,(H,13,16)(H,17,18). The van der Waals surface area contributed by atoms with Crippen LogP contribution in [0.3, 0.4) is 0 Å². The van der Waals surface area contributed by atoms with Gasteiger partial charge in [0.15, 0.2) is 6.33 Å². The van der Waals surface area contributed by atoms with Crippen LogP contribution in [0.15, 0.2) is 10.9 Å². The predicted molar refractivity (Wildman–Crippen MR) is 64.1 cm³/mol. The van der Waals surface area contributed by atoms with E-state index in [1.807, 2.05) is 0 Å². The number of carboxylic acids is 1. The largest absolute Gasteiger partial charge is 0.481 e. The van der Waals surface area contributed by atoms with Gasteiger partial charge in [-0.3, -0.25) is 9.59 Å². The molecule has 1 saturated carbocycles. The number of nitrogens with one attached hydrogen (secondary N) is 1. The highest BCUT2D eigenvalue weighted by Crippen LogP contribution is 2.28. The van der Waals surface area contributed by atoms with E-state index in [1.54, 1.807) is 0 Å². The third kappa shape index (κ3) is 3.77. The topological polar surface area (TPSA) is 105 Å². The van der Waals surface area contributed by atoms with Gasteiger partial charge in [-0.15, -0.1) is 0 Å². The molecule has 0 radical (unpaired) electrons. The van der Waals surface area contributed by atoms with Crippen LogP contribution in [0.4, 0.5) is 0 Å². The molecule has 2 N–H and O–H groups in total.